The minimum absolute atomic E-state index is 0.0262. The normalized spacial score (nSPS) is 10.2. The van der Waals surface area contributed by atoms with Crippen LogP contribution in [0.5, 0.6) is 11.5 Å². The van der Waals surface area contributed by atoms with Gasteiger partial charge in [-0.1, -0.05) is 29.3 Å². The van der Waals surface area contributed by atoms with E-state index in [1.165, 1.54) is 0 Å². The summed E-state index contributed by atoms with van der Waals surface area (Å²) in [6, 6.07) is 12.1. The van der Waals surface area contributed by atoms with Gasteiger partial charge in [-0.2, -0.15) is 0 Å². The molecular weight excluding hydrogens is 311 g/mol. The molecule has 0 aliphatic rings. The molecule has 0 spiro atoms. The zero-order valence-corrected chi connectivity index (χ0v) is 12.6. The smallest absolute Gasteiger partial charge is 0.156 e. The Morgan fingerprint density at radius 3 is 2.10 bits per heavy atom. The van der Waals surface area contributed by atoms with Crippen molar-refractivity contribution >= 4 is 29.0 Å². The lowest BCUT2D eigenvalue weighted by Gasteiger charge is -2.11. The Balaban J connectivity index is 1.83. The highest BCUT2D eigenvalue weighted by molar-refractivity contribution is 6.37. The van der Waals surface area contributed by atoms with Crippen molar-refractivity contribution in [2.75, 3.05) is 13.2 Å². The number of hydrogen-bond acceptors (Lipinski definition) is 3. The molecule has 6 heteroatoms. The third kappa shape index (κ3) is 4.28. The lowest BCUT2D eigenvalue weighted by atomic mass is 10.2. The molecule has 0 unspecified atom stereocenters. The summed E-state index contributed by atoms with van der Waals surface area (Å²) in [6.07, 6.45) is 0. The number of nitrogen functional groups attached to an aromatic ring is 1. The molecule has 0 heterocycles. The fourth-order valence-electron chi connectivity index (χ4n) is 1.65. The van der Waals surface area contributed by atoms with Crippen LogP contribution in [0.3, 0.4) is 0 Å². The molecule has 0 fully saturated rings. The fourth-order valence-corrected chi connectivity index (χ4v) is 2.16. The maximum Gasteiger partial charge on any atom is 0.156 e. The first-order valence-corrected chi connectivity index (χ1v) is 6.97. The summed E-state index contributed by atoms with van der Waals surface area (Å²) in [5.41, 5.74) is 6.03. The number of nitrogens with two attached hydrogens (primary N) is 1. The number of para-hydroxylation sites is 1. The van der Waals surface area contributed by atoms with Gasteiger partial charge >= 0.3 is 0 Å². The van der Waals surface area contributed by atoms with Gasteiger partial charge in [-0.3, -0.25) is 5.41 Å². The monoisotopic (exact) mass is 324 g/mol. The molecule has 4 nitrogen and oxygen atoms in total. The highest BCUT2D eigenvalue weighted by Crippen LogP contribution is 2.32. The number of ether oxygens (including phenoxy) is 2. The van der Waals surface area contributed by atoms with Gasteiger partial charge in [0.1, 0.15) is 24.8 Å². The van der Waals surface area contributed by atoms with Crippen molar-refractivity contribution in [3.05, 3.63) is 58.1 Å². The average molecular weight is 325 g/mol. The van der Waals surface area contributed by atoms with E-state index in [4.69, 9.17) is 43.8 Å². The summed E-state index contributed by atoms with van der Waals surface area (Å²) in [5, 5.41) is 8.23. The van der Waals surface area contributed by atoms with Crippen LogP contribution in [-0.4, -0.2) is 19.0 Å². The lowest BCUT2D eigenvalue weighted by Crippen LogP contribution is -2.11. The molecule has 0 aliphatic carbocycles. The predicted molar refractivity (Wildman–Crippen MR) is 84.9 cm³/mol. The first kappa shape index (κ1) is 15.5. The largest absolute Gasteiger partial charge is 0.490 e. The summed E-state index contributed by atoms with van der Waals surface area (Å²) in [5.74, 6) is 1.16. The van der Waals surface area contributed by atoms with Crippen LogP contribution >= 0.6 is 23.2 Å². The van der Waals surface area contributed by atoms with E-state index >= 15 is 0 Å². The van der Waals surface area contributed by atoms with Gasteiger partial charge in [0, 0.05) is 5.56 Å². The highest BCUT2D eigenvalue weighted by Gasteiger charge is 2.06. The van der Waals surface area contributed by atoms with Gasteiger partial charge in [0.05, 0.1) is 10.0 Å². The van der Waals surface area contributed by atoms with Gasteiger partial charge < -0.3 is 15.2 Å². The van der Waals surface area contributed by atoms with Gasteiger partial charge in [0.2, 0.25) is 0 Å². The van der Waals surface area contributed by atoms with Crippen molar-refractivity contribution < 1.29 is 9.47 Å². The first-order chi connectivity index (χ1) is 10.1. The molecule has 0 aromatic heterocycles. The van der Waals surface area contributed by atoms with E-state index in [9.17, 15) is 0 Å². The Kier molecular flexibility index (Phi) is 5.31. The van der Waals surface area contributed by atoms with E-state index in [0.717, 1.165) is 0 Å². The van der Waals surface area contributed by atoms with Gasteiger partial charge in [-0.05, 0) is 36.4 Å². The fraction of sp³-hybridized carbons (Fsp3) is 0.133. The van der Waals surface area contributed by atoms with E-state index in [0.29, 0.717) is 40.3 Å². The summed E-state index contributed by atoms with van der Waals surface area (Å²) in [4.78, 5) is 0. The Bertz CT molecular complexity index is 610. The van der Waals surface area contributed by atoms with E-state index in [1.807, 2.05) is 0 Å². The zero-order valence-electron chi connectivity index (χ0n) is 11.1. The van der Waals surface area contributed by atoms with Crippen LogP contribution in [0, 0.1) is 5.41 Å². The predicted octanol–water partition coefficient (Wildman–Crippen LogP) is 3.74. The quantitative estimate of drug-likeness (QED) is 0.483. The molecule has 3 N–H and O–H groups in total. The van der Waals surface area contributed by atoms with Crippen molar-refractivity contribution in [1.29, 1.82) is 5.41 Å². The zero-order chi connectivity index (χ0) is 15.2. The maximum absolute atomic E-state index is 7.30. The molecule has 2 aromatic rings. The van der Waals surface area contributed by atoms with Gasteiger partial charge in [-0.15, -0.1) is 0 Å². The van der Waals surface area contributed by atoms with Crippen LogP contribution in [0.15, 0.2) is 42.5 Å². The molecule has 21 heavy (non-hydrogen) atoms. The molecule has 2 rings (SSSR count). The Morgan fingerprint density at radius 2 is 1.52 bits per heavy atom. The van der Waals surface area contributed by atoms with Crippen LogP contribution in [-0.2, 0) is 0 Å². The second-order valence-corrected chi connectivity index (χ2v) is 5.00. The minimum atomic E-state index is 0.0262. The van der Waals surface area contributed by atoms with Crippen LogP contribution in [0.1, 0.15) is 5.56 Å². The standard InChI is InChI=1S/C15H14Cl2N2O2/c16-12-2-1-3-13(17)14(12)21-9-8-20-11-6-4-10(5-7-11)15(18)19/h1-7H,8-9H2,(H3,18,19). The molecule has 0 saturated carbocycles. The van der Waals surface area contributed by atoms with Crippen LogP contribution in [0.4, 0.5) is 0 Å². The SMILES string of the molecule is N=C(N)c1ccc(OCCOc2c(Cl)cccc2Cl)cc1. The number of hydrogen-bond donors (Lipinski definition) is 2. The van der Waals surface area contributed by atoms with Crippen molar-refractivity contribution in [3.63, 3.8) is 0 Å². The van der Waals surface area contributed by atoms with Crippen LogP contribution in [0.25, 0.3) is 0 Å². The number of benzene rings is 2. The molecule has 0 aliphatic heterocycles. The topological polar surface area (TPSA) is 68.3 Å². The molecular formula is C15H14Cl2N2O2. The van der Waals surface area contributed by atoms with Crippen LogP contribution < -0.4 is 15.2 Å². The molecule has 0 amide bonds. The summed E-state index contributed by atoms with van der Waals surface area (Å²) >= 11 is 12.0. The average Bonchev–Trinajstić information content (AvgIpc) is 2.46. The number of nitrogens with one attached hydrogen (secondary N) is 1. The minimum Gasteiger partial charge on any atom is -0.490 e. The first-order valence-electron chi connectivity index (χ1n) is 6.22. The molecule has 2 aromatic carbocycles. The molecule has 0 saturated heterocycles. The van der Waals surface area contributed by atoms with E-state index in [-0.39, 0.29) is 5.84 Å². The number of amidine groups is 1. The molecule has 0 bridgehead atoms. The summed E-state index contributed by atoms with van der Waals surface area (Å²) in [6.45, 7) is 0.666. The summed E-state index contributed by atoms with van der Waals surface area (Å²) in [7, 11) is 0. The highest BCUT2D eigenvalue weighted by atomic mass is 35.5. The van der Waals surface area contributed by atoms with Crippen molar-refractivity contribution in [1.82, 2.24) is 0 Å². The van der Waals surface area contributed by atoms with Gasteiger partial charge in [-0.25, -0.2) is 0 Å². The third-order valence-electron chi connectivity index (χ3n) is 2.68. The van der Waals surface area contributed by atoms with Crippen molar-refractivity contribution in [2.45, 2.75) is 0 Å². The Labute approximate surface area is 132 Å². The van der Waals surface area contributed by atoms with E-state index < -0.39 is 0 Å². The Morgan fingerprint density at radius 1 is 0.952 bits per heavy atom. The van der Waals surface area contributed by atoms with Gasteiger partial charge in [0.15, 0.2) is 5.75 Å². The van der Waals surface area contributed by atoms with Gasteiger partial charge in [0.25, 0.3) is 0 Å². The summed E-state index contributed by atoms with van der Waals surface area (Å²) < 4.78 is 11.0. The molecule has 110 valence electrons. The third-order valence-corrected chi connectivity index (χ3v) is 3.28. The van der Waals surface area contributed by atoms with Crippen molar-refractivity contribution in [2.24, 2.45) is 5.73 Å². The molecule has 0 radical (unpaired) electrons. The van der Waals surface area contributed by atoms with Crippen molar-refractivity contribution in [3.8, 4) is 11.5 Å². The molecule has 0 atom stereocenters. The maximum atomic E-state index is 7.30. The lowest BCUT2D eigenvalue weighted by molar-refractivity contribution is 0.217. The van der Waals surface area contributed by atoms with E-state index in [1.54, 1.807) is 42.5 Å². The van der Waals surface area contributed by atoms with E-state index in [2.05, 4.69) is 0 Å². The number of halogens is 2. The second kappa shape index (κ2) is 7.20. The number of rotatable bonds is 6. The second-order valence-electron chi connectivity index (χ2n) is 4.19. The Hall–Kier alpha value is -1.91. The van der Waals surface area contributed by atoms with Crippen LogP contribution in [0.2, 0.25) is 10.0 Å².